The van der Waals surface area contributed by atoms with E-state index in [2.05, 4.69) is 16.4 Å². The third-order valence-corrected chi connectivity index (χ3v) is 8.24. The van der Waals surface area contributed by atoms with Crippen LogP contribution in [0.5, 0.6) is 5.75 Å². The van der Waals surface area contributed by atoms with E-state index in [-0.39, 0.29) is 31.4 Å². The fourth-order valence-corrected chi connectivity index (χ4v) is 5.79. The Morgan fingerprint density at radius 1 is 0.700 bits per heavy atom. The van der Waals surface area contributed by atoms with Crippen LogP contribution in [-0.2, 0) is 38.4 Å². The van der Waals surface area contributed by atoms with Gasteiger partial charge in [0.2, 0.25) is 5.82 Å². The van der Waals surface area contributed by atoms with Crippen molar-refractivity contribution in [3.8, 4) is 17.6 Å². The Balaban J connectivity index is 1.44. The molecular formula is C39H40F5NO5. The van der Waals surface area contributed by atoms with Crippen LogP contribution in [0.15, 0.2) is 42.5 Å². The SMILES string of the molecule is CCOC(=O)CCCc1c(C)n(CCCC(=O)OCC)c2c(C#Cc3ccc(OCCCCc4c(F)c(F)c(F)c(F)c4F)cc3)cccc12. The Hall–Kier alpha value is -4.85. The molecule has 0 radical (unpaired) electrons. The molecule has 6 nitrogen and oxygen atoms in total. The first-order valence-corrected chi connectivity index (χ1v) is 16.7. The van der Waals surface area contributed by atoms with Gasteiger partial charge in [0.1, 0.15) is 5.75 Å². The highest BCUT2D eigenvalue weighted by Gasteiger charge is 2.25. The molecule has 0 spiro atoms. The highest BCUT2D eigenvalue weighted by Crippen LogP contribution is 2.31. The van der Waals surface area contributed by atoms with Crippen molar-refractivity contribution in [2.45, 2.75) is 78.7 Å². The van der Waals surface area contributed by atoms with Crippen LogP contribution in [0.2, 0.25) is 0 Å². The summed E-state index contributed by atoms with van der Waals surface area (Å²) in [4.78, 5) is 24.0. The van der Waals surface area contributed by atoms with E-state index in [1.165, 1.54) is 0 Å². The Kier molecular flexibility index (Phi) is 13.8. The zero-order valence-corrected chi connectivity index (χ0v) is 28.4. The van der Waals surface area contributed by atoms with Crippen LogP contribution in [0.25, 0.3) is 10.9 Å². The maximum Gasteiger partial charge on any atom is 0.305 e. The quantitative estimate of drug-likeness (QED) is 0.0293. The second-order valence-corrected chi connectivity index (χ2v) is 11.6. The molecule has 1 heterocycles. The number of benzene rings is 3. The van der Waals surface area contributed by atoms with Crippen molar-refractivity contribution in [2.75, 3.05) is 19.8 Å². The molecule has 266 valence electrons. The minimum absolute atomic E-state index is 0.157. The van der Waals surface area contributed by atoms with E-state index in [9.17, 15) is 31.5 Å². The van der Waals surface area contributed by atoms with E-state index in [4.69, 9.17) is 14.2 Å². The maximum atomic E-state index is 13.9. The van der Waals surface area contributed by atoms with Gasteiger partial charge in [-0.2, -0.15) is 0 Å². The van der Waals surface area contributed by atoms with Gasteiger partial charge in [-0.1, -0.05) is 24.0 Å². The number of carbonyl (C=O) groups is 2. The summed E-state index contributed by atoms with van der Waals surface area (Å²) in [5, 5.41) is 1.04. The van der Waals surface area contributed by atoms with Crippen LogP contribution in [0.4, 0.5) is 22.0 Å². The molecule has 0 bridgehead atoms. The molecule has 11 heteroatoms. The molecule has 0 N–H and O–H groups in total. The number of halogens is 5. The third-order valence-electron chi connectivity index (χ3n) is 8.24. The minimum atomic E-state index is -2.17. The summed E-state index contributed by atoms with van der Waals surface area (Å²) in [6.07, 6.45) is 2.68. The largest absolute Gasteiger partial charge is 0.494 e. The number of unbranched alkanes of at least 4 members (excludes halogenated alkanes) is 1. The highest BCUT2D eigenvalue weighted by molar-refractivity contribution is 5.90. The predicted octanol–water partition coefficient (Wildman–Crippen LogP) is 8.68. The van der Waals surface area contributed by atoms with E-state index in [0.717, 1.165) is 33.3 Å². The molecule has 0 atom stereocenters. The number of hydrogen-bond donors (Lipinski definition) is 0. The summed E-state index contributed by atoms with van der Waals surface area (Å²) in [5.41, 5.74) is 3.84. The molecule has 0 aliphatic carbocycles. The van der Waals surface area contributed by atoms with Crippen LogP contribution < -0.4 is 4.74 Å². The number of ether oxygens (including phenoxy) is 3. The van der Waals surface area contributed by atoms with Crippen molar-refractivity contribution in [1.82, 2.24) is 4.57 Å². The predicted molar refractivity (Wildman–Crippen MR) is 179 cm³/mol. The lowest BCUT2D eigenvalue weighted by Gasteiger charge is -2.10. The molecule has 4 aromatic rings. The first-order chi connectivity index (χ1) is 24.1. The van der Waals surface area contributed by atoms with Gasteiger partial charge in [-0.15, -0.1) is 0 Å². The normalized spacial score (nSPS) is 11.0. The van der Waals surface area contributed by atoms with Gasteiger partial charge in [0.05, 0.1) is 25.3 Å². The summed E-state index contributed by atoms with van der Waals surface area (Å²) in [7, 11) is 0. The lowest BCUT2D eigenvalue weighted by atomic mass is 10.0. The molecule has 1 aromatic heterocycles. The molecule has 0 saturated heterocycles. The molecule has 3 aromatic carbocycles. The average Bonchev–Trinajstić information content (AvgIpc) is 3.37. The molecule has 50 heavy (non-hydrogen) atoms. The van der Waals surface area contributed by atoms with Crippen molar-refractivity contribution >= 4 is 22.8 Å². The highest BCUT2D eigenvalue weighted by atomic mass is 19.2. The van der Waals surface area contributed by atoms with Gasteiger partial charge in [0, 0.05) is 47.2 Å². The minimum Gasteiger partial charge on any atom is -0.494 e. The van der Waals surface area contributed by atoms with Crippen molar-refractivity contribution in [3.05, 3.63) is 99.5 Å². The van der Waals surface area contributed by atoms with E-state index < -0.39 is 34.6 Å². The first-order valence-electron chi connectivity index (χ1n) is 16.7. The monoisotopic (exact) mass is 697 g/mol. The van der Waals surface area contributed by atoms with E-state index in [0.29, 0.717) is 64.0 Å². The van der Waals surface area contributed by atoms with Crippen LogP contribution >= 0.6 is 0 Å². The number of esters is 2. The van der Waals surface area contributed by atoms with Crippen LogP contribution in [0.3, 0.4) is 0 Å². The number of aryl methyl sites for hydroxylation is 2. The van der Waals surface area contributed by atoms with Crippen LogP contribution in [-0.4, -0.2) is 36.3 Å². The lowest BCUT2D eigenvalue weighted by molar-refractivity contribution is -0.144. The number of aromatic nitrogens is 1. The number of rotatable bonds is 16. The van der Waals surface area contributed by atoms with Crippen molar-refractivity contribution in [1.29, 1.82) is 0 Å². The molecule has 4 rings (SSSR count). The Morgan fingerprint density at radius 3 is 1.94 bits per heavy atom. The fourth-order valence-electron chi connectivity index (χ4n) is 5.79. The lowest BCUT2D eigenvalue weighted by Crippen LogP contribution is -2.08. The molecule has 0 unspecified atom stereocenters. The zero-order valence-electron chi connectivity index (χ0n) is 28.4. The zero-order chi connectivity index (χ0) is 36.2. The van der Waals surface area contributed by atoms with Crippen molar-refractivity contribution in [2.24, 2.45) is 0 Å². The van der Waals surface area contributed by atoms with Gasteiger partial charge in [0.15, 0.2) is 23.3 Å². The Labute approximate surface area is 288 Å². The number of carbonyl (C=O) groups excluding carboxylic acids is 2. The molecule has 0 saturated carbocycles. The second kappa shape index (κ2) is 18.2. The molecule has 0 aliphatic heterocycles. The van der Waals surface area contributed by atoms with E-state index in [1.807, 2.05) is 25.1 Å². The maximum absolute atomic E-state index is 13.9. The molecule has 0 fully saturated rings. The summed E-state index contributed by atoms with van der Waals surface area (Å²) in [6.45, 7) is 7.04. The van der Waals surface area contributed by atoms with Gasteiger partial charge in [-0.3, -0.25) is 9.59 Å². The summed E-state index contributed by atoms with van der Waals surface area (Å²) in [5.74, 6) is -3.11. The van der Waals surface area contributed by atoms with Gasteiger partial charge >= 0.3 is 11.9 Å². The van der Waals surface area contributed by atoms with Crippen LogP contribution in [0, 0.1) is 47.9 Å². The number of hydrogen-bond acceptors (Lipinski definition) is 5. The summed E-state index contributed by atoms with van der Waals surface area (Å²) >= 11 is 0. The second-order valence-electron chi connectivity index (χ2n) is 11.6. The van der Waals surface area contributed by atoms with Crippen LogP contribution in [0.1, 0.15) is 80.3 Å². The first kappa shape index (κ1) is 38.0. The summed E-state index contributed by atoms with van der Waals surface area (Å²) < 4.78 is 86.0. The van der Waals surface area contributed by atoms with Gasteiger partial charge in [-0.25, -0.2) is 22.0 Å². The fraction of sp³-hybridized carbons (Fsp3) is 0.385. The van der Waals surface area contributed by atoms with Gasteiger partial charge in [-0.05, 0) is 95.2 Å². The van der Waals surface area contributed by atoms with Crippen molar-refractivity contribution in [3.63, 3.8) is 0 Å². The Bertz CT molecular complexity index is 1850. The smallest absolute Gasteiger partial charge is 0.305 e. The Morgan fingerprint density at radius 2 is 1.30 bits per heavy atom. The number of fused-ring (bicyclic) bond motifs is 1. The molecule has 0 amide bonds. The van der Waals surface area contributed by atoms with Gasteiger partial charge < -0.3 is 18.8 Å². The van der Waals surface area contributed by atoms with E-state index >= 15 is 0 Å². The number of nitrogens with zero attached hydrogens (tertiary/aromatic N) is 1. The third kappa shape index (κ3) is 9.43. The van der Waals surface area contributed by atoms with Crippen molar-refractivity contribution < 1.29 is 45.8 Å². The standard InChI is InChI=1S/C39H40F5NO5/c1-4-48-32(46)15-9-13-29-25(3)45(23-10-16-33(47)49-5-2)39-27(11-8-14-30(29)39)20-17-26-18-21-28(22-19-26)50-24-7-6-12-31-34(40)36(42)38(44)37(43)35(31)41/h8,11,14,18-19,21-22H,4-7,9-10,12-13,15-16,23-24H2,1-3H3. The van der Waals surface area contributed by atoms with E-state index in [1.54, 1.807) is 38.1 Å². The molecular weight excluding hydrogens is 657 g/mol. The number of para-hydroxylation sites is 1. The van der Waals surface area contributed by atoms with Gasteiger partial charge in [0.25, 0.3) is 0 Å². The summed E-state index contributed by atoms with van der Waals surface area (Å²) in [6, 6.07) is 13.0. The average molecular weight is 698 g/mol. The molecule has 0 aliphatic rings. The topological polar surface area (TPSA) is 66.8 Å².